The average molecular weight is 452 g/mol. The van der Waals surface area contributed by atoms with Crippen LogP contribution in [-0.4, -0.2) is 32.3 Å². The third kappa shape index (κ3) is 6.12. The minimum Gasteiger partial charge on any atom is -0.381 e. The topological polar surface area (TPSA) is 59.6 Å². The van der Waals surface area contributed by atoms with Gasteiger partial charge < -0.3 is 15.8 Å². The molecule has 0 radical (unpaired) electrons. The fraction of sp³-hybridized carbons (Fsp3) is 0.588. The van der Waals surface area contributed by atoms with E-state index in [-0.39, 0.29) is 29.4 Å². The van der Waals surface area contributed by atoms with Gasteiger partial charge in [0.15, 0.2) is 5.96 Å². The number of ether oxygens (including phenoxy) is 1. The third-order valence-corrected chi connectivity index (χ3v) is 4.37. The van der Waals surface area contributed by atoms with Crippen molar-refractivity contribution in [3.8, 4) is 0 Å². The van der Waals surface area contributed by atoms with E-state index < -0.39 is 0 Å². The van der Waals surface area contributed by atoms with Gasteiger partial charge in [0.2, 0.25) is 0 Å². The number of guanidine groups is 1. The number of aliphatic imine (C=N–C) groups is 1. The zero-order chi connectivity index (χ0) is 16.0. The smallest absolute Gasteiger partial charge is 0.188 e. The molecule has 23 heavy (non-hydrogen) atoms. The quantitative estimate of drug-likeness (QED) is 0.409. The van der Waals surface area contributed by atoms with Gasteiger partial charge in [-0.3, -0.25) is 4.99 Å². The summed E-state index contributed by atoms with van der Waals surface area (Å²) in [5.41, 5.74) is 7.18. The lowest BCUT2D eigenvalue weighted by molar-refractivity contribution is 0.0531. The van der Waals surface area contributed by atoms with Gasteiger partial charge in [0.05, 0.1) is 6.54 Å². The van der Waals surface area contributed by atoms with Crippen molar-refractivity contribution in [2.45, 2.75) is 32.1 Å². The molecule has 0 atom stereocenters. The average Bonchev–Trinajstić information content (AvgIpc) is 2.52. The molecule has 0 saturated carbocycles. The maximum Gasteiger partial charge on any atom is 0.188 e. The van der Waals surface area contributed by atoms with Gasteiger partial charge in [0.1, 0.15) is 0 Å². The molecule has 0 aliphatic carbocycles. The van der Waals surface area contributed by atoms with Crippen LogP contribution in [0.25, 0.3) is 0 Å². The van der Waals surface area contributed by atoms with Crippen LogP contribution in [0.3, 0.4) is 0 Å². The Bertz CT molecular complexity index is 516. The summed E-state index contributed by atoms with van der Waals surface area (Å²) >= 11 is 6.17. The summed E-state index contributed by atoms with van der Waals surface area (Å²) in [6.45, 7) is 7.29. The number of nitrogens with two attached hydrogens (primary N) is 1. The lowest BCUT2D eigenvalue weighted by Gasteiger charge is -2.36. The second-order valence-corrected chi connectivity index (χ2v) is 6.82. The number of hydrogen-bond donors (Lipinski definition) is 2. The second-order valence-electron chi connectivity index (χ2n) is 6.38. The highest BCUT2D eigenvalue weighted by Crippen LogP contribution is 2.36. The van der Waals surface area contributed by atoms with Crippen LogP contribution in [0.1, 0.15) is 32.3 Å². The number of hydrogen-bond acceptors (Lipinski definition) is 2. The molecule has 0 bridgehead atoms. The Morgan fingerprint density at radius 2 is 2.09 bits per heavy atom. The van der Waals surface area contributed by atoms with Gasteiger partial charge in [-0.15, -0.1) is 24.0 Å². The maximum absolute atomic E-state index is 6.17. The Hall–Kier alpha value is -0.530. The van der Waals surface area contributed by atoms with Gasteiger partial charge in [0, 0.05) is 30.2 Å². The summed E-state index contributed by atoms with van der Waals surface area (Å²) in [6, 6.07) is 8.07. The van der Waals surface area contributed by atoms with Crippen molar-refractivity contribution in [3.63, 3.8) is 0 Å². The first-order chi connectivity index (χ1) is 10.5. The minimum atomic E-state index is -0.0344. The summed E-state index contributed by atoms with van der Waals surface area (Å²) < 4.78 is 5.53. The molecule has 1 saturated heterocycles. The molecular formula is C17H27ClIN3O. The lowest BCUT2D eigenvalue weighted by atomic mass is 9.74. The largest absolute Gasteiger partial charge is 0.381 e. The second kappa shape index (κ2) is 9.69. The van der Waals surface area contributed by atoms with Crippen LogP contribution in [0, 0.1) is 5.92 Å². The maximum atomic E-state index is 6.17. The van der Waals surface area contributed by atoms with Crippen molar-refractivity contribution in [1.82, 2.24) is 5.32 Å². The SMILES string of the molecule is CC(C)CNC(N)=NCC1(c2cccc(Cl)c2)CCOCC1.I. The fourth-order valence-corrected chi connectivity index (χ4v) is 2.91. The van der Waals surface area contributed by atoms with Crippen LogP contribution in [0.2, 0.25) is 5.02 Å². The summed E-state index contributed by atoms with van der Waals surface area (Å²) in [7, 11) is 0. The number of halogens is 2. The molecule has 4 nitrogen and oxygen atoms in total. The van der Waals surface area contributed by atoms with Crippen LogP contribution in [0.4, 0.5) is 0 Å². The van der Waals surface area contributed by atoms with Crippen LogP contribution < -0.4 is 11.1 Å². The molecule has 0 amide bonds. The van der Waals surface area contributed by atoms with E-state index in [9.17, 15) is 0 Å². The highest BCUT2D eigenvalue weighted by atomic mass is 127. The first-order valence-corrected chi connectivity index (χ1v) is 8.27. The zero-order valence-electron chi connectivity index (χ0n) is 13.8. The standard InChI is InChI=1S/C17H26ClN3O.HI/c1-13(2)11-20-16(19)21-12-17(6-8-22-9-7-17)14-4-3-5-15(18)10-14;/h3-5,10,13H,6-9,11-12H2,1-2H3,(H3,19,20,21);1H. The Morgan fingerprint density at radius 1 is 1.39 bits per heavy atom. The number of nitrogens with one attached hydrogen (secondary N) is 1. The van der Waals surface area contributed by atoms with Crippen LogP contribution >= 0.6 is 35.6 Å². The van der Waals surface area contributed by atoms with E-state index >= 15 is 0 Å². The molecule has 130 valence electrons. The van der Waals surface area contributed by atoms with E-state index in [2.05, 4.69) is 30.2 Å². The molecule has 1 fully saturated rings. The van der Waals surface area contributed by atoms with E-state index in [0.717, 1.165) is 37.6 Å². The fourth-order valence-electron chi connectivity index (χ4n) is 2.72. The predicted octanol–water partition coefficient (Wildman–Crippen LogP) is 3.57. The minimum absolute atomic E-state index is 0. The highest BCUT2D eigenvalue weighted by Gasteiger charge is 2.34. The van der Waals surface area contributed by atoms with Crippen molar-refractivity contribution in [2.75, 3.05) is 26.3 Å². The van der Waals surface area contributed by atoms with Crippen molar-refractivity contribution in [3.05, 3.63) is 34.9 Å². The van der Waals surface area contributed by atoms with Gasteiger partial charge in [-0.05, 0) is 36.5 Å². The number of benzene rings is 1. The normalized spacial score (nSPS) is 17.7. The van der Waals surface area contributed by atoms with Gasteiger partial charge in [0.25, 0.3) is 0 Å². The molecule has 1 heterocycles. The molecule has 0 unspecified atom stereocenters. The van der Waals surface area contributed by atoms with E-state index in [1.165, 1.54) is 5.56 Å². The molecule has 2 rings (SSSR count). The summed E-state index contributed by atoms with van der Waals surface area (Å²) in [4.78, 5) is 4.58. The van der Waals surface area contributed by atoms with Gasteiger partial charge in [-0.2, -0.15) is 0 Å². The van der Waals surface area contributed by atoms with Crippen LogP contribution in [-0.2, 0) is 10.2 Å². The summed E-state index contributed by atoms with van der Waals surface area (Å²) in [5.74, 6) is 1.06. The summed E-state index contributed by atoms with van der Waals surface area (Å²) in [5, 5.41) is 3.93. The van der Waals surface area contributed by atoms with Gasteiger partial charge in [-0.1, -0.05) is 37.6 Å². The van der Waals surface area contributed by atoms with Crippen molar-refractivity contribution < 1.29 is 4.74 Å². The monoisotopic (exact) mass is 451 g/mol. The van der Waals surface area contributed by atoms with Crippen LogP contribution in [0.15, 0.2) is 29.3 Å². The lowest BCUT2D eigenvalue weighted by Crippen LogP contribution is -2.40. The predicted molar refractivity (Wildman–Crippen MR) is 108 cm³/mol. The number of nitrogens with zero attached hydrogens (tertiary/aromatic N) is 1. The van der Waals surface area contributed by atoms with E-state index in [1.54, 1.807) is 0 Å². The van der Waals surface area contributed by atoms with E-state index in [0.29, 0.717) is 18.4 Å². The van der Waals surface area contributed by atoms with Gasteiger partial charge >= 0.3 is 0 Å². The van der Waals surface area contributed by atoms with E-state index in [1.807, 2.05) is 18.2 Å². The Labute approximate surface area is 161 Å². The van der Waals surface area contributed by atoms with Crippen molar-refractivity contribution in [1.29, 1.82) is 0 Å². The molecule has 0 spiro atoms. The molecule has 0 aromatic heterocycles. The molecule has 1 aromatic rings. The third-order valence-electron chi connectivity index (χ3n) is 4.13. The Morgan fingerprint density at radius 3 is 2.70 bits per heavy atom. The van der Waals surface area contributed by atoms with E-state index in [4.69, 9.17) is 22.1 Å². The molecule has 3 N–H and O–H groups in total. The molecule has 1 aliphatic rings. The number of rotatable bonds is 5. The molecule has 1 aliphatic heterocycles. The highest BCUT2D eigenvalue weighted by molar-refractivity contribution is 14.0. The van der Waals surface area contributed by atoms with Crippen molar-refractivity contribution >= 4 is 41.5 Å². The van der Waals surface area contributed by atoms with Crippen LogP contribution in [0.5, 0.6) is 0 Å². The first kappa shape index (κ1) is 20.5. The summed E-state index contributed by atoms with van der Waals surface area (Å²) in [6.07, 6.45) is 1.88. The van der Waals surface area contributed by atoms with Crippen molar-refractivity contribution in [2.24, 2.45) is 16.6 Å². The molecular weight excluding hydrogens is 425 g/mol. The molecule has 6 heteroatoms. The Kier molecular flexibility index (Phi) is 8.64. The zero-order valence-corrected chi connectivity index (χ0v) is 16.9. The molecule has 1 aromatic carbocycles. The first-order valence-electron chi connectivity index (χ1n) is 7.89. The Balaban J connectivity index is 0.00000264. The van der Waals surface area contributed by atoms with Gasteiger partial charge in [-0.25, -0.2) is 0 Å².